The number of sulfonamides is 1. The maximum absolute atomic E-state index is 13.2. The molecule has 0 bridgehead atoms. The van der Waals surface area contributed by atoms with Crippen LogP contribution in [0.15, 0.2) is 83.8 Å². The van der Waals surface area contributed by atoms with Crippen LogP contribution in [0.4, 0.5) is 0 Å². The minimum atomic E-state index is -3.88. The normalized spacial score (nSPS) is 17.6. The maximum Gasteiger partial charge on any atom is 0.263 e. The molecule has 172 valence electrons. The van der Waals surface area contributed by atoms with Crippen LogP contribution in [0.2, 0.25) is 0 Å². The van der Waals surface area contributed by atoms with Gasteiger partial charge in [0.15, 0.2) is 0 Å². The molecule has 1 aliphatic heterocycles. The lowest BCUT2D eigenvalue weighted by Gasteiger charge is -2.39. The van der Waals surface area contributed by atoms with Crippen molar-refractivity contribution in [2.24, 2.45) is 0 Å². The Morgan fingerprint density at radius 3 is 2.21 bits per heavy atom. The zero-order chi connectivity index (χ0) is 23.4. The minimum Gasteiger partial charge on any atom is -0.296 e. The van der Waals surface area contributed by atoms with E-state index in [1.165, 1.54) is 16.4 Å². The van der Waals surface area contributed by atoms with E-state index in [0.29, 0.717) is 13.1 Å². The Hall–Kier alpha value is -2.31. The molecule has 1 saturated heterocycles. The van der Waals surface area contributed by atoms with Gasteiger partial charge >= 0.3 is 0 Å². The Morgan fingerprint density at radius 1 is 0.939 bits per heavy atom. The summed E-state index contributed by atoms with van der Waals surface area (Å²) in [5.41, 5.74) is 4.95. The van der Waals surface area contributed by atoms with Gasteiger partial charge in [0.2, 0.25) is 10.0 Å². The van der Waals surface area contributed by atoms with E-state index in [1.807, 2.05) is 35.2 Å². The molecule has 1 fully saturated rings. The molecule has 1 unspecified atom stereocenters. The number of nitrogens with one attached hydrogen (secondary N) is 1. The van der Waals surface area contributed by atoms with E-state index in [-0.39, 0.29) is 18.0 Å². The van der Waals surface area contributed by atoms with E-state index < -0.39 is 22.0 Å². The quantitative estimate of drug-likeness (QED) is 0.267. The fraction of sp³-hybridized carbons (Fsp3) is 0.208. The Balaban J connectivity index is 1.50. The number of carbonyl (C=O) groups excluding carboxylic acids is 1. The summed E-state index contributed by atoms with van der Waals surface area (Å²) in [5, 5.41) is 9.25. The lowest BCUT2D eigenvalue weighted by atomic mass is 10.0. The van der Waals surface area contributed by atoms with Crippen molar-refractivity contribution >= 4 is 38.5 Å². The molecule has 9 heteroatoms. The third-order valence-electron chi connectivity index (χ3n) is 5.72. The number of piperazine rings is 1. The van der Waals surface area contributed by atoms with E-state index in [1.54, 1.807) is 17.6 Å². The number of amides is 1. The Labute approximate surface area is 207 Å². The summed E-state index contributed by atoms with van der Waals surface area (Å²) in [7, 11) is -3.88. The molecule has 0 radical (unpaired) electrons. The third-order valence-corrected chi connectivity index (χ3v) is 8.36. The molecule has 7 nitrogen and oxygen atoms in total. The van der Waals surface area contributed by atoms with E-state index in [2.05, 4.69) is 46.9 Å². The van der Waals surface area contributed by atoms with Crippen molar-refractivity contribution in [3.05, 3.63) is 88.0 Å². The summed E-state index contributed by atoms with van der Waals surface area (Å²) in [6.07, 6.45) is 0. The van der Waals surface area contributed by atoms with Crippen molar-refractivity contribution in [2.45, 2.75) is 17.5 Å². The number of hydrogen-bond donors (Lipinski definition) is 2. The van der Waals surface area contributed by atoms with Crippen LogP contribution < -0.4 is 5.48 Å². The summed E-state index contributed by atoms with van der Waals surface area (Å²) < 4.78 is 28.5. The van der Waals surface area contributed by atoms with Gasteiger partial charge in [-0.2, -0.15) is 4.31 Å². The summed E-state index contributed by atoms with van der Waals surface area (Å²) >= 11 is 2.11. The smallest absolute Gasteiger partial charge is 0.263 e. The maximum atomic E-state index is 13.2. The molecule has 3 aromatic carbocycles. The predicted octanol–water partition coefficient (Wildman–Crippen LogP) is 3.34. The molecule has 0 aromatic heterocycles. The third kappa shape index (κ3) is 5.44. The number of benzene rings is 3. The van der Waals surface area contributed by atoms with Gasteiger partial charge in [0.05, 0.1) is 4.90 Å². The number of halogens is 1. The fourth-order valence-corrected chi connectivity index (χ4v) is 5.91. The van der Waals surface area contributed by atoms with E-state index >= 15 is 0 Å². The van der Waals surface area contributed by atoms with Gasteiger partial charge in [0.25, 0.3) is 5.91 Å². The minimum absolute atomic E-state index is 0.128. The highest BCUT2D eigenvalue weighted by Gasteiger charge is 2.40. The van der Waals surface area contributed by atoms with Gasteiger partial charge in [-0.05, 0) is 63.5 Å². The first-order valence-corrected chi connectivity index (χ1v) is 13.0. The second kappa shape index (κ2) is 10.3. The summed E-state index contributed by atoms with van der Waals surface area (Å²) in [5.74, 6) is -0.742. The Bertz CT molecular complexity index is 1200. The molecular weight excluding hydrogens is 553 g/mol. The summed E-state index contributed by atoms with van der Waals surface area (Å²) in [4.78, 5) is 14.6. The van der Waals surface area contributed by atoms with Crippen LogP contribution in [-0.4, -0.2) is 54.4 Å². The number of rotatable bonds is 6. The van der Waals surface area contributed by atoms with Crippen molar-refractivity contribution < 1.29 is 18.4 Å². The highest BCUT2D eigenvalue weighted by Crippen LogP contribution is 2.24. The zero-order valence-electron chi connectivity index (χ0n) is 17.8. The molecule has 1 amide bonds. The Morgan fingerprint density at radius 2 is 1.58 bits per heavy atom. The van der Waals surface area contributed by atoms with Crippen LogP contribution in [0.3, 0.4) is 0 Å². The van der Waals surface area contributed by atoms with Gasteiger partial charge in [-0.15, -0.1) is 0 Å². The van der Waals surface area contributed by atoms with Crippen molar-refractivity contribution in [1.82, 2.24) is 14.7 Å². The first kappa shape index (κ1) is 23.8. The van der Waals surface area contributed by atoms with Gasteiger partial charge in [-0.3, -0.25) is 14.9 Å². The highest BCUT2D eigenvalue weighted by molar-refractivity contribution is 14.1. The van der Waals surface area contributed by atoms with Gasteiger partial charge in [-0.25, -0.2) is 13.9 Å². The van der Waals surface area contributed by atoms with Crippen LogP contribution in [0.25, 0.3) is 11.1 Å². The van der Waals surface area contributed by atoms with E-state index in [4.69, 9.17) is 0 Å². The second-order valence-corrected chi connectivity index (χ2v) is 11.0. The van der Waals surface area contributed by atoms with Gasteiger partial charge < -0.3 is 0 Å². The molecule has 1 atom stereocenters. The number of carbonyl (C=O) groups is 1. The number of nitrogens with zero attached hydrogens (tertiary/aromatic N) is 2. The molecular formula is C24H24IN3O4S. The van der Waals surface area contributed by atoms with E-state index in [9.17, 15) is 18.4 Å². The molecule has 0 spiro atoms. The summed E-state index contributed by atoms with van der Waals surface area (Å²) in [6, 6.07) is 23.7. The first-order valence-electron chi connectivity index (χ1n) is 10.5. The number of hydroxylamine groups is 1. The molecule has 1 aliphatic rings. The molecule has 3 aromatic rings. The van der Waals surface area contributed by atoms with Crippen LogP contribution in [-0.2, 0) is 21.4 Å². The standard InChI is InChI=1S/C24H24IN3O4S/c25-21-10-12-22(13-11-21)33(31,32)28-15-14-27(17-23(28)24(29)26-30)16-18-6-8-20(9-7-18)19-4-2-1-3-5-19/h1-13,23,30H,14-17H2,(H,26,29). The first-order chi connectivity index (χ1) is 15.9. The summed E-state index contributed by atoms with van der Waals surface area (Å²) in [6.45, 7) is 1.37. The van der Waals surface area contributed by atoms with Gasteiger partial charge in [-0.1, -0.05) is 54.6 Å². The Kier molecular flexibility index (Phi) is 7.45. The fourth-order valence-electron chi connectivity index (χ4n) is 3.98. The van der Waals surface area contributed by atoms with Crippen LogP contribution in [0.5, 0.6) is 0 Å². The highest BCUT2D eigenvalue weighted by atomic mass is 127. The molecule has 33 heavy (non-hydrogen) atoms. The molecule has 4 rings (SSSR count). The molecule has 0 saturated carbocycles. The SMILES string of the molecule is O=C(NO)C1CN(Cc2ccc(-c3ccccc3)cc2)CCN1S(=O)(=O)c1ccc(I)cc1. The molecule has 0 aliphatic carbocycles. The van der Waals surface area contributed by atoms with Crippen molar-refractivity contribution in [3.8, 4) is 11.1 Å². The van der Waals surface area contributed by atoms with Gasteiger partial charge in [0, 0.05) is 29.7 Å². The molecule has 2 N–H and O–H groups in total. The lowest BCUT2D eigenvalue weighted by Crippen LogP contribution is -2.59. The van der Waals surface area contributed by atoms with Crippen LogP contribution in [0, 0.1) is 3.57 Å². The predicted molar refractivity (Wildman–Crippen MR) is 134 cm³/mol. The number of hydrogen-bond acceptors (Lipinski definition) is 5. The van der Waals surface area contributed by atoms with Crippen molar-refractivity contribution in [1.29, 1.82) is 0 Å². The average Bonchev–Trinajstić information content (AvgIpc) is 2.84. The zero-order valence-corrected chi connectivity index (χ0v) is 20.7. The topological polar surface area (TPSA) is 89.9 Å². The van der Waals surface area contributed by atoms with Crippen LogP contribution in [0.1, 0.15) is 5.56 Å². The molecule has 1 heterocycles. The lowest BCUT2D eigenvalue weighted by molar-refractivity contribution is -0.135. The second-order valence-electron chi connectivity index (χ2n) is 7.86. The largest absolute Gasteiger partial charge is 0.296 e. The van der Waals surface area contributed by atoms with Crippen LogP contribution >= 0.6 is 22.6 Å². The van der Waals surface area contributed by atoms with Crippen molar-refractivity contribution in [3.63, 3.8) is 0 Å². The van der Waals surface area contributed by atoms with Crippen molar-refractivity contribution in [2.75, 3.05) is 19.6 Å². The van der Waals surface area contributed by atoms with E-state index in [0.717, 1.165) is 20.3 Å². The van der Waals surface area contributed by atoms with Gasteiger partial charge in [0.1, 0.15) is 6.04 Å². The average molecular weight is 577 g/mol. The monoisotopic (exact) mass is 577 g/mol.